The lowest BCUT2D eigenvalue weighted by Gasteiger charge is -2.20. The Kier molecular flexibility index (Phi) is 1.76. The van der Waals surface area contributed by atoms with Crippen LogP contribution in [0.1, 0.15) is 19.3 Å². The van der Waals surface area contributed by atoms with E-state index in [0.29, 0.717) is 12.1 Å². The van der Waals surface area contributed by atoms with Crippen LogP contribution in [0.5, 0.6) is 0 Å². The van der Waals surface area contributed by atoms with E-state index in [1.807, 2.05) is 18.2 Å². The summed E-state index contributed by atoms with van der Waals surface area (Å²) in [6.45, 7) is 0. The fraction of sp³-hybridized carbons (Fsp3) is 0.455. The van der Waals surface area contributed by atoms with Crippen molar-refractivity contribution in [2.75, 3.05) is 5.01 Å². The summed E-state index contributed by atoms with van der Waals surface area (Å²) < 4.78 is 0. The van der Waals surface area contributed by atoms with E-state index >= 15 is 0 Å². The van der Waals surface area contributed by atoms with Crippen molar-refractivity contribution in [1.29, 1.82) is 0 Å². The summed E-state index contributed by atoms with van der Waals surface area (Å²) in [5, 5.41) is 10.6. The Morgan fingerprint density at radius 3 is 2.86 bits per heavy atom. The largest absolute Gasteiger partial charge is 0.242 e. The molecule has 1 aliphatic heterocycles. The molecule has 0 aromatic heterocycles. The van der Waals surface area contributed by atoms with Gasteiger partial charge in [0, 0.05) is 0 Å². The minimum absolute atomic E-state index is 0.454. The molecule has 1 heterocycles. The molecule has 1 aromatic carbocycles. The second-order valence-corrected chi connectivity index (χ2v) is 3.95. The van der Waals surface area contributed by atoms with Gasteiger partial charge < -0.3 is 0 Å². The van der Waals surface area contributed by atoms with Gasteiger partial charge in [0.05, 0.1) is 17.8 Å². The molecule has 2 aliphatic rings. The fourth-order valence-corrected chi connectivity index (χ4v) is 2.35. The number of nitrogens with zero attached hydrogens (tertiary/aromatic N) is 3. The predicted molar refractivity (Wildman–Crippen MR) is 55.2 cm³/mol. The van der Waals surface area contributed by atoms with Crippen LogP contribution in [0.25, 0.3) is 0 Å². The maximum Gasteiger partial charge on any atom is 0.0954 e. The third-order valence-corrected chi connectivity index (χ3v) is 3.08. The molecule has 14 heavy (non-hydrogen) atoms. The minimum atomic E-state index is 0.454. The first-order valence-corrected chi connectivity index (χ1v) is 5.20. The second kappa shape index (κ2) is 3.08. The molecule has 3 heteroatoms. The van der Waals surface area contributed by atoms with Gasteiger partial charge in [-0.25, -0.2) is 5.01 Å². The number of para-hydroxylation sites is 1. The molecule has 0 radical (unpaired) electrons. The molecule has 3 rings (SSSR count). The monoisotopic (exact) mass is 187 g/mol. The quantitative estimate of drug-likeness (QED) is 0.664. The molecular weight excluding hydrogens is 174 g/mol. The van der Waals surface area contributed by atoms with Crippen molar-refractivity contribution in [3.8, 4) is 0 Å². The Morgan fingerprint density at radius 2 is 2.00 bits per heavy atom. The number of rotatable bonds is 1. The van der Waals surface area contributed by atoms with Gasteiger partial charge in [0.1, 0.15) is 0 Å². The van der Waals surface area contributed by atoms with Crippen LogP contribution in [-0.4, -0.2) is 12.1 Å². The highest BCUT2D eigenvalue weighted by Gasteiger charge is 2.37. The summed E-state index contributed by atoms with van der Waals surface area (Å²) in [4.78, 5) is 0. The van der Waals surface area contributed by atoms with E-state index in [2.05, 4.69) is 27.5 Å². The lowest BCUT2D eigenvalue weighted by molar-refractivity contribution is 0.632. The van der Waals surface area contributed by atoms with E-state index in [1.54, 1.807) is 0 Å². The normalized spacial score (nSPS) is 29.6. The standard InChI is InChI=1S/C11H13N3/c1-2-5-9(6-3-1)14-11-8-4-7-10(11)12-13-14/h1-3,5-6,10-11H,4,7-8H2/t10-,11-/m0/s1. The molecule has 0 bridgehead atoms. The van der Waals surface area contributed by atoms with Gasteiger partial charge in [0.25, 0.3) is 0 Å². The van der Waals surface area contributed by atoms with E-state index in [0.717, 1.165) is 0 Å². The van der Waals surface area contributed by atoms with Crippen molar-refractivity contribution in [3.05, 3.63) is 30.3 Å². The lowest BCUT2D eigenvalue weighted by atomic mass is 10.1. The van der Waals surface area contributed by atoms with Crippen molar-refractivity contribution in [2.45, 2.75) is 31.3 Å². The van der Waals surface area contributed by atoms with Crippen LogP contribution in [0.15, 0.2) is 40.7 Å². The molecule has 0 N–H and O–H groups in total. The van der Waals surface area contributed by atoms with Gasteiger partial charge in [0.2, 0.25) is 0 Å². The molecule has 3 nitrogen and oxygen atoms in total. The van der Waals surface area contributed by atoms with Crippen molar-refractivity contribution < 1.29 is 0 Å². The maximum absolute atomic E-state index is 4.31. The highest BCUT2D eigenvalue weighted by molar-refractivity contribution is 5.47. The van der Waals surface area contributed by atoms with Crippen molar-refractivity contribution in [2.24, 2.45) is 10.3 Å². The average Bonchev–Trinajstić information content (AvgIpc) is 2.79. The second-order valence-electron chi connectivity index (χ2n) is 3.95. The van der Waals surface area contributed by atoms with Gasteiger partial charge in [-0.1, -0.05) is 23.4 Å². The predicted octanol–water partition coefficient (Wildman–Crippen LogP) is 2.79. The summed E-state index contributed by atoms with van der Waals surface area (Å²) in [5.41, 5.74) is 1.17. The summed E-state index contributed by atoms with van der Waals surface area (Å²) in [7, 11) is 0. The zero-order valence-electron chi connectivity index (χ0n) is 8.00. The van der Waals surface area contributed by atoms with E-state index in [-0.39, 0.29) is 0 Å². The van der Waals surface area contributed by atoms with Crippen LogP contribution in [0.4, 0.5) is 5.69 Å². The summed E-state index contributed by atoms with van der Waals surface area (Å²) in [5.74, 6) is 0. The van der Waals surface area contributed by atoms with Crippen LogP contribution in [0, 0.1) is 0 Å². The molecule has 2 atom stereocenters. The van der Waals surface area contributed by atoms with Crippen molar-refractivity contribution in [1.82, 2.24) is 0 Å². The Bertz CT molecular complexity index is 347. The van der Waals surface area contributed by atoms with Crippen LogP contribution < -0.4 is 5.01 Å². The van der Waals surface area contributed by atoms with E-state index in [4.69, 9.17) is 0 Å². The van der Waals surface area contributed by atoms with Gasteiger partial charge in [-0.15, -0.1) is 0 Å². The van der Waals surface area contributed by atoms with Gasteiger partial charge in [-0.2, -0.15) is 5.11 Å². The number of hydrogen-bond acceptors (Lipinski definition) is 3. The first-order valence-electron chi connectivity index (χ1n) is 5.20. The molecule has 0 unspecified atom stereocenters. The highest BCUT2D eigenvalue weighted by atomic mass is 15.6. The summed E-state index contributed by atoms with van der Waals surface area (Å²) >= 11 is 0. The first kappa shape index (κ1) is 7.97. The van der Waals surface area contributed by atoms with Crippen molar-refractivity contribution >= 4 is 5.69 Å². The Hall–Kier alpha value is -1.38. The fourth-order valence-electron chi connectivity index (χ4n) is 2.35. The van der Waals surface area contributed by atoms with Crippen molar-refractivity contribution in [3.63, 3.8) is 0 Å². The van der Waals surface area contributed by atoms with Gasteiger partial charge in [-0.05, 0) is 31.4 Å². The number of anilines is 1. The molecule has 1 aromatic rings. The van der Waals surface area contributed by atoms with E-state index in [9.17, 15) is 0 Å². The number of fused-ring (bicyclic) bond motifs is 1. The van der Waals surface area contributed by atoms with Crippen LogP contribution in [-0.2, 0) is 0 Å². The number of benzene rings is 1. The Labute approximate surface area is 83.4 Å². The van der Waals surface area contributed by atoms with Gasteiger partial charge in [0.15, 0.2) is 0 Å². The maximum atomic E-state index is 4.31. The molecule has 72 valence electrons. The smallest absolute Gasteiger partial charge is 0.0954 e. The summed E-state index contributed by atoms with van der Waals surface area (Å²) in [6.07, 6.45) is 3.72. The van der Waals surface area contributed by atoms with Crippen LogP contribution in [0.3, 0.4) is 0 Å². The molecule has 1 saturated carbocycles. The molecule has 0 saturated heterocycles. The molecule has 1 aliphatic carbocycles. The van der Waals surface area contributed by atoms with E-state index < -0.39 is 0 Å². The third-order valence-electron chi connectivity index (χ3n) is 3.08. The number of hydrogen-bond donors (Lipinski definition) is 0. The Morgan fingerprint density at radius 1 is 1.14 bits per heavy atom. The summed E-state index contributed by atoms with van der Waals surface area (Å²) in [6, 6.07) is 11.3. The molecule has 1 fully saturated rings. The molecule has 0 spiro atoms. The van der Waals surface area contributed by atoms with Gasteiger partial charge in [-0.3, -0.25) is 0 Å². The minimum Gasteiger partial charge on any atom is -0.242 e. The topological polar surface area (TPSA) is 28.0 Å². The van der Waals surface area contributed by atoms with Gasteiger partial charge >= 0.3 is 0 Å². The highest BCUT2D eigenvalue weighted by Crippen LogP contribution is 2.35. The van der Waals surface area contributed by atoms with Crippen LogP contribution in [0.2, 0.25) is 0 Å². The molecular formula is C11H13N3. The zero-order chi connectivity index (χ0) is 9.38. The zero-order valence-corrected chi connectivity index (χ0v) is 8.00. The molecule has 0 amide bonds. The van der Waals surface area contributed by atoms with Crippen LogP contribution >= 0.6 is 0 Å². The lowest BCUT2D eigenvalue weighted by Crippen LogP contribution is -2.30. The average molecular weight is 187 g/mol. The Balaban J connectivity index is 1.90. The van der Waals surface area contributed by atoms with E-state index in [1.165, 1.54) is 24.9 Å². The first-order chi connectivity index (χ1) is 6.95. The SMILES string of the molecule is c1ccc(N2N=N[C@H]3CCC[C@@H]32)cc1. The third kappa shape index (κ3) is 1.12.